The maximum atomic E-state index is 13.9. The third-order valence-corrected chi connectivity index (χ3v) is 3.77. The largest absolute Gasteiger partial charge is 0.339 e. The number of halogens is 3. The van der Waals surface area contributed by atoms with Gasteiger partial charge in [0.15, 0.2) is 0 Å². The van der Waals surface area contributed by atoms with Crippen molar-refractivity contribution in [3.05, 3.63) is 58.9 Å². The van der Waals surface area contributed by atoms with Crippen molar-refractivity contribution in [2.75, 3.05) is 11.4 Å². The minimum Gasteiger partial charge on any atom is -0.339 e. The van der Waals surface area contributed by atoms with Crippen LogP contribution in [0.4, 0.5) is 15.8 Å². The van der Waals surface area contributed by atoms with Crippen LogP contribution in [0, 0.1) is 5.82 Å². The molecule has 19 heavy (non-hydrogen) atoms. The molecular formula is C15H14BrClFN. The summed E-state index contributed by atoms with van der Waals surface area (Å²) in [5, 5.41) is 1.36. The third-order valence-electron chi connectivity index (χ3n) is 2.94. The van der Waals surface area contributed by atoms with Crippen LogP contribution in [0.3, 0.4) is 0 Å². The zero-order chi connectivity index (χ0) is 13.8. The average molecular weight is 343 g/mol. The zero-order valence-corrected chi connectivity index (χ0v) is 12.9. The van der Waals surface area contributed by atoms with Crippen molar-refractivity contribution in [1.82, 2.24) is 0 Å². The van der Waals surface area contributed by atoms with Crippen molar-refractivity contribution >= 4 is 38.9 Å². The lowest BCUT2D eigenvalue weighted by Crippen LogP contribution is -2.18. The lowest BCUT2D eigenvalue weighted by atomic mass is 10.1. The van der Waals surface area contributed by atoms with Crippen LogP contribution in [0.25, 0.3) is 0 Å². The number of benzene rings is 2. The molecule has 0 fully saturated rings. The van der Waals surface area contributed by atoms with Gasteiger partial charge in [0.1, 0.15) is 5.82 Å². The molecule has 0 bridgehead atoms. The highest BCUT2D eigenvalue weighted by Gasteiger charge is 2.14. The number of hydrogen-bond acceptors (Lipinski definition) is 1. The third kappa shape index (κ3) is 3.10. The van der Waals surface area contributed by atoms with Crippen molar-refractivity contribution in [2.45, 2.75) is 12.3 Å². The molecule has 0 aliphatic heterocycles. The predicted molar refractivity (Wildman–Crippen MR) is 83.2 cm³/mol. The summed E-state index contributed by atoms with van der Waals surface area (Å²) in [6.45, 7) is 2.68. The second-order valence-corrected chi connectivity index (χ2v) is 5.10. The Labute approximate surface area is 126 Å². The molecule has 0 aliphatic carbocycles. The standard InChI is InChI=1S/C15H14BrClFN/c1-2-19(15-6-4-3-5-13(15)18)14-8-7-12(17)9-11(14)10-16/h3-9H,2,10H2,1H3. The molecule has 2 aromatic rings. The van der Waals surface area contributed by atoms with Crippen molar-refractivity contribution < 1.29 is 4.39 Å². The second kappa shape index (κ2) is 6.40. The van der Waals surface area contributed by atoms with Gasteiger partial charge in [0.2, 0.25) is 0 Å². The molecule has 0 aromatic heterocycles. The van der Waals surface area contributed by atoms with Gasteiger partial charge >= 0.3 is 0 Å². The summed E-state index contributed by atoms with van der Waals surface area (Å²) in [7, 11) is 0. The van der Waals surface area contributed by atoms with Crippen molar-refractivity contribution in [3.8, 4) is 0 Å². The summed E-state index contributed by atoms with van der Waals surface area (Å²) in [6, 6.07) is 12.4. The molecule has 2 rings (SSSR count). The Morgan fingerprint density at radius 2 is 1.89 bits per heavy atom. The predicted octanol–water partition coefficient (Wildman–Crippen LogP) is 5.53. The molecule has 0 unspecified atom stereocenters. The average Bonchev–Trinajstić information content (AvgIpc) is 2.43. The van der Waals surface area contributed by atoms with Gasteiger partial charge in [-0.2, -0.15) is 0 Å². The van der Waals surface area contributed by atoms with E-state index in [1.807, 2.05) is 36.1 Å². The molecule has 0 spiro atoms. The van der Waals surface area contributed by atoms with Crippen LogP contribution < -0.4 is 4.90 Å². The fourth-order valence-electron chi connectivity index (χ4n) is 2.07. The van der Waals surface area contributed by atoms with Crippen LogP contribution in [0.15, 0.2) is 42.5 Å². The smallest absolute Gasteiger partial charge is 0.146 e. The van der Waals surface area contributed by atoms with Gasteiger partial charge in [0.05, 0.1) is 5.69 Å². The molecule has 4 heteroatoms. The van der Waals surface area contributed by atoms with Crippen LogP contribution in [0.5, 0.6) is 0 Å². The summed E-state index contributed by atoms with van der Waals surface area (Å²) in [6.07, 6.45) is 0. The Morgan fingerprint density at radius 3 is 2.53 bits per heavy atom. The van der Waals surface area contributed by atoms with Crippen LogP contribution in [0.2, 0.25) is 5.02 Å². The lowest BCUT2D eigenvalue weighted by molar-refractivity contribution is 0.625. The van der Waals surface area contributed by atoms with Gasteiger partial charge in [-0.25, -0.2) is 4.39 Å². The summed E-state index contributed by atoms with van der Waals surface area (Å²) in [4.78, 5) is 1.95. The number of rotatable bonds is 4. The molecule has 2 aromatic carbocycles. The highest BCUT2D eigenvalue weighted by atomic mass is 79.9. The van der Waals surface area contributed by atoms with Gasteiger partial charge in [-0.15, -0.1) is 0 Å². The summed E-state index contributed by atoms with van der Waals surface area (Å²) < 4.78 is 13.9. The first-order valence-electron chi connectivity index (χ1n) is 6.03. The van der Waals surface area contributed by atoms with Gasteiger partial charge in [-0.1, -0.05) is 39.7 Å². The van der Waals surface area contributed by atoms with Gasteiger partial charge in [0.25, 0.3) is 0 Å². The number of nitrogens with zero attached hydrogens (tertiary/aromatic N) is 1. The number of alkyl halides is 1. The normalized spacial score (nSPS) is 10.5. The zero-order valence-electron chi connectivity index (χ0n) is 10.5. The Morgan fingerprint density at radius 1 is 1.16 bits per heavy atom. The SMILES string of the molecule is CCN(c1ccccc1F)c1ccc(Cl)cc1CBr. The highest BCUT2D eigenvalue weighted by Crippen LogP contribution is 2.32. The van der Waals surface area contributed by atoms with E-state index < -0.39 is 0 Å². The van der Waals surface area contributed by atoms with Crippen LogP contribution in [-0.2, 0) is 5.33 Å². The first-order chi connectivity index (χ1) is 9.17. The number of anilines is 2. The summed E-state index contributed by atoms with van der Waals surface area (Å²) >= 11 is 9.46. The first-order valence-corrected chi connectivity index (χ1v) is 7.53. The van der Waals surface area contributed by atoms with E-state index in [1.165, 1.54) is 6.07 Å². The lowest BCUT2D eigenvalue weighted by Gasteiger charge is -2.26. The van der Waals surface area contributed by atoms with Crippen LogP contribution >= 0.6 is 27.5 Å². The molecule has 0 saturated heterocycles. The molecule has 0 amide bonds. The Balaban J connectivity index is 2.51. The van der Waals surface area contributed by atoms with E-state index in [2.05, 4.69) is 15.9 Å². The highest BCUT2D eigenvalue weighted by molar-refractivity contribution is 9.08. The fraction of sp³-hybridized carbons (Fsp3) is 0.200. The maximum Gasteiger partial charge on any atom is 0.146 e. The Kier molecular flexibility index (Phi) is 4.83. The van der Waals surface area contributed by atoms with Crippen LogP contribution in [-0.4, -0.2) is 6.54 Å². The number of para-hydroxylation sites is 1. The van der Waals surface area contributed by atoms with Crippen molar-refractivity contribution in [1.29, 1.82) is 0 Å². The molecule has 0 N–H and O–H groups in total. The molecule has 0 atom stereocenters. The summed E-state index contributed by atoms with van der Waals surface area (Å²) in [5.74, 6) is -0.222. The molecule has 100 valence electrons. The fourth-order valence-corrected chi connectivity index (χ4v) is 2.71. The molecule has 0 saturated carbocycles. The topological polar surface area (TPSA) is 3.24 Å². The van der Waals surface area contributed by atoms with Gasteiger partial charge in [-0.05, 0) is 42.8 Å². The van der Waals surface area contributed by atoms with Gasteiger partial charge in [0, 0.05) is 22.6 Å². The van der Waals surface area contributed by atoms with E-state index >= 15 is 0 Å². The molecular weight excluding hydrogens is 329 g/mol. The van der Waals surface area contributed by atoms with Crippen LogP contribution in [0.1, 0.15) is 12.5 Å². The molecule has 0 heterocycles. The molecule has 1 nitrogen and oxygen atoms in total. The monoisotopic (exact) mass is 341 g/mol. The molecule has 0 aliphatic rings. The molecule has 0 radical (unpaired) electrons. The van der Waals surface area contributed by atoms with Crippen molar-refractivity contribution in [2.24, 2.45) is 0 Å². The Hall–Kier alpha value is -1.06. The quantitative estimate of drug-likeness (QED) is 0.660. The Bertz CT molecular complexity index is 574. The van der Waals surface area contributed by atoms with Crippen molar-refractivity contribution in [3.63, 3.8) is 0 Å². The van der Waals surface area contributed by atoms with E-state index in [1.54, 1.807) is 12.1 Å². The minimum absolute atomic E-state index is 0.222. The van der Waals surface area contributed by atoms with E-state index in [0.29, 0.717) is 22.6 Å². The minimum atomic E-state index is -0.222. The second-order valence-electron chi connectivity index (χ2n) is 4.10. The van der Waals surface area contributed by atoms with Gasteiger partial charge in [-0.3, -0.25) is 0 Å². The van der Waals surface area contributed by atoms with E-state index in [4.69, 9.17) is 11.6 Å². The number of hydrogen-bond donors (Lipinski definition) is 0. The van der Waals surface area contributed by atoms with E-state index in [0.717, 1.165) is 11.3 Å². The first kappa shape index (κ1) is 14.4. The summed E-state index contributed by atoms with van der Waals surface area (Å²) in [5.41, 5.74) is 2.58. The van der Waals surface area contributed by atoms with E-state index in [9.17, 15) is 4.39 Å². The van der Waals surface area contributed by atoms with Gasteiger partial charge < -0.3 is 4.90 Å². The maximum absolute atomic E-state index is 13.9. The van der Waals surface area contributed by atoms with E-state index in [-0.39, 0.29) is 5.82 Å².